The molecule has 4 rings (SSSR count). The number of ether oxygens (including phenoxy) is 3. The summed E-state index contributed by atoms with van der Waals surface area (Å²) in [5.74, 6) is 1.18. The van der Waals surface area contributed by atoms with E-state index >= 15 is 0 Å². The molecule has 0 spiro atoms. The number of rotatable bonds is 9. The number of hydrogen-bond acceptors (Lipinski definition) is 7. The molecule has 0 N–H and O–H groups in total. The fraction of sp³-hybridized carbons (Fsp3) is 0.250. The first-order valence-corrected chi connectivity index (χ1v) is 12.1. The summed E-state index contributed by atoms with van der Waals surface area (Å²) in [6.45, 7) is 1.04. The van der Waals surface area contributed by atoms with Crippen molar-refractivity contribution in [2.45, 2.75) is 17.9 Å². The maximum atomic E-state index is 13.0. The Hall–Kier alpha value is -2.97. The highest BCUT2D eigenvalue weighted by atomic mass is 32.2. The van der Waals surface area contributed by atoms with Gasteiger partial charge in [-0.25, -0.2) is 0 Å². The van der Waals surface area contributed by atoms with E-state index in [-0.39, 0.29) is 24.9 Å². The third kappa shape index (κ3) is 6.05. The number of carbonyl (C=O) groups is 2. The fourth-order valence-corrected chi connectivity index (χ4v) is 4.69. The van der Waals surface area contributed by atoms with Gasteiger partial charge in [-0.2, -0.15) is 0 Å². The highest BCUT2D eigenvalue weighted by Crippen LogP contribution is 2.34. The Morgan fingerprint density at radius 1 is 1.00 bits per heavy atom. The minimum Gasteiger partial charge on any atom is -0.486 e. The van der Waals surface area contributed by atoms with Gasteiger partial charge < -0.3 is 19.1 Å². The highest BCUT2D eigenvalue weighted by Gasteiger charge is 2.21. The summed E-state index contributed by atoms with van der Waals surface area (Å²) < 4.78 is 16.5. The molecule has 0 fully saturated rings. The molecule has 166 valence electrons. The van der Waals surface area contributed by atoms with E-state index in [1.807, 2.05) is 53.9 Å². The molecule has 1 aliphatic heterocycles. The van der Waals surface area contributed by atoms with Gasteiger partial charge in [0, 0.05) is 27.3 Å². The smallest absolute Gasteiger partial charge is 0.307 e. The average molecular weight is 470 g/mol. The molecule has 3 aromatic rings. The van der Waals surface area contributed by atoms with Crippen LogP contribution in [0.15, 0.2) is 70.9 Å². The normalized spacial score (nSPS) is 12.2. The van der Waals surface area contributed by atoms with E-state index in [1.165, 1.54) is 0 Å². The number of thioether (sulfide) groups is 1. The molecule has 0 radical (unpaired) electrons. The second-order valence-electron chi connectivity index (χ2n) is 6.96. The summed E-state index contributed by atoms with van der Waals surface area (Å²) in [4.78, 5) is 28.9. The summed E-state index contributed by atoms with van der Waals surface area (Å²) in [6, 6.07) is 19.2. The number of hydrogen-bond donors (Lipinski definition) is 0. The van der Waals surface area contributed by atoms with Crippen molar-refractivity contribution in [1.29, 1.82) is 0 Å². The van der Waals surface area contributed by atoms with E-state index in [2.05, 4.69) is 0 Å². The Morgan fingerprint density at radius 3 is 2.59 bits per heavy atom. The van der Waals surface area contributed by atoms with Gasteiger partial charge in [-0.05, 0) is 35.7 Å². The number of nitrogens with zero attached hydrogens (tertiary/aromatic N) is 1. The number of anilines is 1. The zero-order chi connectivity index (χ0) is 22.2. The maximum absolute atomic E-state index is 13.0. The average Bonchev–Trinajstić information content (AvgIpc) is 3.35. The molecule has 1 aromatic heterocycles. The third-order valence-corrected chi connectivity index (χ3v) is 6.58. The minimum absolute atomic E-state index is 0.238. The van der Waals surface area contributed by atoms with Crippen LogP contribution in [0.5, 0.6) is 11.5 Å². The zero-order valence-corrected chi connectivity index (χ0v) is 19.0. The molecule has 0 saturated carbocycles. The van der Waals surface area contributed by atoms with Gasteiger partial charge in [0.2, 0.25) is 0 Å². The number of amides is 1. The van der Waals surface area contributed by atoms with Crippen LogP contribution in [0.1, 0.15) is 11.3 Å². The van der Waals surface area contributed by atoms with Crippen molar-refractivity contribution in [3.05, 3.63) is 70.9 Å². The van der Waals surface area contributed by atoms with Crippen LogP contribution in [-0.2, 0) is 20.9 Å². The Bertz CT molecular complexity index is 1040. The lowest BCUT2D eigenvalue weighted by atomic mass is 10.2. The van der Waals surface area contributed by atoms with Crippen LogP contribution < -0.4 is 14.4 Å². The van der Waals surface area contributed by atoms with E-state index in [9.17, 15) is 9.59 Å². The van der Waals surface area contributed by atoms with Crippen molar-refractivity contribution in [2.75, 3.05) is 30.5 Å². The first-order chi connectivity index (χ1) is 15.7. The molecule has 0 bridgehead atoms. The standard InChI is InChI=1S/C24H23NO5S2/c26-23(17-30-24(27)10-14-32-19-5-2-1-3-6-19)25(16-20-7-4-13-31-20)18-8-9-21-22(15-18)29-12-11-28-21/h1-9,13,15H,10-12,14,16-17H2. The molecule has 1 aliphatic rings. The second kappa shape index (κ2) is 11.1. The van der Waals surface area contributed by atoms with Gasteiger partial charge >= 0.3 is 5.97 Å². The monoisotopic (exact) mass is 469 g/mol. The SMILES string of the molecule is O=C(CCSc1ccccc1)OCC(=O)N(Cc1cccs1)c1ccc2c(c1)OCCO2. The van der Waals surface area contributed by atoms with Crippen molar-refractivity contribution < 1.29 is 23.8 Å². The van der Waals surface area contributed by atoms with Crippen LogP contribution in [-0.4, -0.2) is 37.4 Å². The van der Waals surface area contributed by atoms with Crippen molar-refractivity contribution in [3.63, 3.8) is 0 Å². The molecule has 32 heavy (non-hydrogen) atoms. The molecule has 1 amide bonds. The third-order valence-electron chi connectivity index (χ3n) is 4.71. The van der Waals surface area contributed by atoms with Gasteiger partial charge in [-0.3, -0.25) is 9.59 Å². The maximum Gasteiger partial charge on any atom is 0.307 e. The molecule has 6 nitrogen and oxygen atoms in total. The van der Waals surface area contributed by atoms with Gasteiger partial charge in [-0.15, -0.1) is 23.1 Å². The number of benzene rings is 2. The predicted molar refractivity (Wildman–Crippen MR) is 126 cm³/mol. The van der Waals surface area contributed by atoms with Gasteiger partial charge in [0.15, 0.2) is 18.1 Å². The number of fused-ring (bicyclic) bond motifs is 1. The molecule has 2 heterocycles. The van der Waals surface area contributed by atoms with E-state index in [0.717, 1.165) is 9.77 Å². The molecule has 0 saturated heterocycles. The molecule has 2 aromatic carbocycles. The van der Waals surface area contributed by atoms with Crippen molar-refractivity contribution in [2.24, 2.45) is 0 Å². The minimum atomic E-state index is -0.389. The number of carbonyl (C=O) groups excluding carboxylic acids is 2. The first kappa shape index (κ1) is 22.2. The number of esters is 1. The van der Waals surface area contributed by atoms with E-state index in [1.54, 1.807) is 40.1 Å². The van der Waals surface area contributed by atoms with Gasteiger partial charge in [-0.1, -0.05) is 24.3 Å². The topological polar surface area (TPSA) is 65.1 Å². The number of thiophene rings is 1. The summed E-state index contributed by atoms with van der Waals surface area (Å²) >= 11 is 3.15. The zero-order valence-electron chi connectivity index (χ0n) is 17.4. The lowest BCUT2D eigenvalue weighted by molar-refractivity contribution is -0.147. The van der Waals surface area contributed by atoms with Gasteiger partial charge in [0.1, 0.15) is 13.2 Å². The van der Waals surface area contributed by atoms with Crippen molar-refractivity contribution in [3.8, 4) is 11.5 Å². The first-order valence-electron chi connectivity index (χ1n) is 10.2. The molecule has 0 atom stereocenters. The summed E-state index contributed by atoms with van der Waals surface area (Å²) in [6.07, 6.45) is 0.238. The summed E-state index contributed by atoms with van der Waals surface area (Å²) in [5, 5.41) is 1.96. The molecule has 0 aliphatic carbocycles. The predicted octanol–water partition coefficient (Wildman–Crippen LogP) is 4.78. The van der Waals surface area contributed by atoms with Gasteiger partial charge in [0.05, 0.1) is 13.0 Å². The van der Waals surface area contributed by atoms with E-state index < -0.39 is 0 Å². The highest BCUT2D eigenvalue weighted by molar-refractivity contribution is 7.99. The lowest BCUT2D eigenvalue weighted by Gasteiger charge is -2.25. The van der Waals surface area contributed by atoms with Crippen molar-refractivity contribution in [1.82, 2.24) is 0 Å². The Balaban J connectivity index is 1.36. The quantitative estimate of drug-likeness (QED) is 0.332. The molecular formula is C24H23NO5S2. The van der Waals surface area contributed by atoms with Crippen LogP contribution in [0.2, 0.25) is 0 Å². The fourth-order valence-electron chi connectivity index (χ4n) is 3.14. The van der Waals surface area contributed by atoms with Gasteiger partial charge in [0.25, 0.3) is 5.91 Å². The van der Waals surface area contributed by atoms with Crippen LogP contribution in [0.25, 0.3) is 0 Å². The van der Waals surface area contributed by atoms with Crippen molar-refractivity contribution >= 4 is 40.7 Å². The van der Waals surface area contributed by atoms with Crippen LogP contribution in [0.4, 0.5) is 5.69 Å². The van der Waals surface area contributed by atoms with Crippen LogP contribution in [0.3, 0.4) is 0 Å². The Kier molecular flexibility index (Phi) is 7.68. The lowest BCUT2D eigenvalue weighted by Crippen LogP contribution is -2.34. The largest absolute Gasteiger partial charge is 0.486 e. The molecule has 8 heteroatoms. The van der Waals surface area contributed by atoms with E-state index in [4.69, 9.17) is 14.2 Å². The van der Waals surface area contributed by atoms with E-state index in [0.29, 0.717) is 42.7 Å². The molecule has 0 unspecified atom stereocenters. The Labute approximate surface area is 195 Å². The molecular weight excluding hydrogens is 446 g/mol. The summed E-state index contributed by atoms with van der Waals surface area (Å²) in [5.41, 5.74) is 0.670. The van der Waals surface area contributed by atoms with Crippen LogP contribution >= 0.6 is 23.1 Å². The van der Waals surface area contributed by atoms with Crippen LogP contribution in [0, 0.1) is 0 Å². The Morgan fingerprint density at radius 2 is 1.81 bits per heavy atom. The second-order valence-corrected chi connectivity index (χ2v) is 9.16. The summed E-state index contributed by atoms with van der Waals surface area (Å²) in [7, 11) is 0.